The number of ketones is 1. The molecule has 6 nitrogen and oxygen atoms in total. The maximum absolute atomic E-state index is 13.8. The van der Waals surface area contributed by atoms with Crippen molar-refractivity contribution < 1.29 is 19.2 Å². The number of non-ortho nitro benzene ring substituents is 1. The molecule has 0 spiro atoms. The number of carbonyl (C=O) groups excluding carboxylic acids is 2. The van der Waals surface area contributed by atoms with Crippen molar-refractivity contribution in [1.29, 1.82) is 0 Å². The summed E-state index contributed by atoms with van der Waals surface area (Å²) in [5.74, 6) is -1.53. The van der Waals surface area contributed by atoms with Crippen LogP contribution in [0.2, 0.25) is 0 Å². The second-order valence-corrected chi connectivity index (χ2v) is 7.09. The number of nitro groups is 1. The number of nitro benzene ring substituents is 1. The van der Waals surface area contributed by atoms with Crippen molar-refractivity contribution in [2.75, 3.05) is 6.61 Å². The minimum absolute atomic E-state index is 0.0562. The van der Waals surface area contributed by atoms with E-state index >= 15 is 0 Å². The largest absolute Gasteiger partial charge is 0.465 e. The smallest absolute Gasteiger partial charge is 0.320 e. The number of hydrogen-bond acceptors (Lipinski definition) is 5. The average Bonchev–Trinajstić information content (AvgIpc) is 2.87. The fourth-order valence-corrected chi connectivity index (χ4v) is 4.17. The Labute approximate surface area is 169 Å². The van der Waals surface area contributed by atoms with Crippen LogP contribution in [0, 0.1) is 15.5 Å². The van der Waals surface area contributed by atoms with Crippen LogP contribution in [-0.2, 0) is 16.0 Å². The molecule has 29 heavy (non-hydrogen) atoms. The summed E-state index contributed by atoms with van der Waals surface area (Å²) in [6.45, 7) is 5.74. The Kier molecular flexibility index (Phi) is 5.92. The van der Waals surface area contributed by atoms with Gasteiger partial charge >= 0.3 is 5.97 Å². The molecule has 2 atom stereocenters. The Morgan fingerprint density at radius 1 is 1.28 bits per heavy atom. The van der Waals surface area contributed by atoms with Crippen LogP contribution in [0.5, 0.6) is 0 Å². The molecule has 150 valence electrons. The molecule has 0 amide bonds. The lowest BCUT2D eigenvalue weighted by molar-refractivity contribution is -0.384. The topological polar surface area (TPSA) is 86.5 Å². The highest BCUT2D eigenvalue weighted by Crippen LogP contribution is 2.47. The third-order valence-corrected chi connectivity index (χ3v) is 5.55. The number of allylic oxidation sites excluding steroid dienone is 1. The molecule has 0 radical (unpaired) electrons. The summed E-state index contributed by atoms with van der Waals surface area (Å²) in [5, 5.41) is 11.0. The zero-order valence-corrected chi connectivity index (χ0v) is 16.3. The van der Waals surface area contributed by atoms with E-state index in [1.807, 2.05) is 12.1 Å². The van der Waals surface area contributed by atoms with E-state index in [1.165, 1.54) is 12.1 Å². The molecule has 1 aliphatic rings. The van der Waals surface area contributed by atoms with Crippen LogP contribution in [0.3, 0.4) is 0 Å². The zero-order chi connectivity index (χ0) is 21.0. The molecule has 0 fully saturated rings. The van der Waals surface area contributed by atoms with Gasteiger partial charge in [-0.05, 0) is 37.3 Å². The summed E-state index contributed by atoms with van der Waals surface area (Å²) in [6, 6.07) is 13.2. The van der Waals surface area contributed by atoms with Crippen LogP contribution in [0.4, 0.5) is 5.69 Å². The Morgan fingerprint density at radius 3 is 2.59 bits per heavy atom. The summed E-state index contributed by atoms with van der Waals surface area (Å²) in [4.78, 5) is 37.5. The van der Waals surface area contributed by atoms with E-state index in [4.69, 9.17) is 4.74 Å². The first kappa shape index (κ1) is 20.5. The third kappa shape index (κ3) is 3.58. The van der Waals surface area contributed by atoms with Gasteiger partial charge in [0.2, 0.25) is 0 Å². The summed E-state index contributed by atoms with van der Waals surface area (Å²) in [5.41, 5.74) is 0.535. The first-order chi connectivity index (χ1) is 14.0. The second kappa shape index (κ2) is 8.39. The highest BCUT2D eigenvalue weighted by atomic mass is 16.6. The maximum Gasteiger partial charge on any atom is 0.320 e. The van der Waals surface area contributed by atoms with E-state index in [-0.39, 0.29) is 18.1 Å². The van der Waals surface area contributed by atoms with Gasteiger partial charge in [-0.1, -0.05) is 42.5 Å². The molecule has 0 aromatic heterocycles. The summed E-state index contributed by atoms with van der Waals surface area (Å²) in [6.07, 6.45) is 3.21. The number of ether oxygens (including phenoxy) is 1. The molecule has 0 heterocycles. The lowest BCUT2D eigenvalue weighted by Crippen LogP contribution is -2.45. The van der Waals surface area contributed by atoms with Crippen LogP contribution >= 0.6 is 0 Å². The Morgan fingerprint density at radius 2 is 1.97 bits per heavy atom. The van der Waals surface area contributed by atoms with Crippen molar-refractivity contribution in [1.82, 2.24) is 0 Å². The maximum atomic E-state index is 13.8. The van der Waals surface area contributed by atoms with E-state index in [1.54, 1.807) is 37.3 Å². The summed E-state index contributed by atoms with van der Waals surface area (Å²) >= 11 is 0. The molecule has 2 aromatic rings. The Bertz CT molecular complexity index is 950. The molecule has 2 aromatic carbocycles. The number of aryl methyl sites for hydroxylation is 1. The van der Waals surface area contributed by atoms with Gasteiger partial charge in [0, 0.05) is 23.6 Å². The van der Waals surface area contributed by atoms with E-state index in [0.29, 0.717) is 30.4 Å². The van der Waals surface area contributed by atoms with E-state index in [0.717, 1.165) is 5.56 Å². The van der Waals surface area contributed by atoms with Gasteiger partial charge in [-0.2, -0.15) is 0 Å². The van der Waals surface area contributed by atoms with Gasteiger partial charge in [0.15, 0.2) is 5.78 Å². The first-order valence-corrected chi connectivity index (χ1v) is 9.62. The third-order valence-electron chi connectivity index (χ3n) is 5.55. The Balaban J connectivity index is 2.17. The van der Waals surface area contributed by atoms with Gasteiger partial charge in [-0.25, -0.2) is 0 Å². The SMILES string of the molecule is C=CC(c1ccc([N+](=O)[O-])cc1)[C@]1(C(=O)OCC)CCCc2ccccc2C1=O. The van der Waals surface area contributed by atoms with Crippen molar-refractivity contribution in [3.63, 3.8) is 0 Å². The number of carbonyl (C=O) groups is 2. The average molecular weight is 393 g/mol. The quantitative estimate of drug-likeness (QED) is 0.178. The number of Topliss-reactive ketones (excluding diaryl/α,β-unsaturated/α-hetero) is 1. The van der Waals surface area contributed by atoms with Crippen LogP contribution in [0.25, 0.3) is 0 Å². The van der Waals surface area contributed by atoms with Crippen LogP contribution in [-0.4, -0.2) is 23.3 Å². The second-order valence-electron chi connectivity index (χ2n) is 7.09. The van der Waals surface area contributed by atoms with Gasteiger partial charge in [0.1, 0.15) is 5.41 Å². The standard InChI is InChI=1S/C23H23NO5/c1-3-20(17-11-13-18(14-12-17)24(27)28)23(22(26)29-4-2)15-7-9-16-8-5-6-10-19(16)21(23)25/h3,5-6,8,10-14,20H,1,4,7,9,15H2,2H3/t20?,23-/m1/s1. The van der Waals surface area contributed by atoms with Gasteiger partial charge < -0.3 is 4.74 Å². The van der Waals surface area contributed by atoms with Gasteiger partial charge in [0.05, 0.1) is 11.5 Å². The summed E-state index contributed by atoms with van der Waals surface area (Å²) in [7, 11) is 0. The fourth-order valence-electron chi connectivity index (χ4n) is 4.17. The van der Waals surface area contributed by atoms with E-state index in [9.17, 15) is 19.7 Å². The predicted molar refractivity (Wildman–Crippen MR) is 109 cm³/mol. The number of fused-ring (bicyclic) bond motifs is 1. The molecule has 0 aliphatic heterocycles. The van der Waals surface area contributed by atoms with Crippen molar-refractivity contribution in [2.24, 2.45) is 5.41 Å². The lowest BCUT2D eigenvalue weighted by atomic mass is 9.65. The minimum atomic E-state index is -1.46. The molecule has 6 heteroatoms. The number of rotatable bonds is 6. The van der Waals surface area contributed by atoms with Crippen molar-refractivity contribution >= 4 is 17.4 Å². The van der Waals surface area contributed by atoms with Crippen LogP contribution in [0.1, 0.15) is 47.2 Å². The number of hydrogen-bond donors (Lipinski definition) is 0. The van der Waals surface area contributed by atoms with E-state index < -0.39 is 22.2 Å². The monoisotopic (exact) mass is 393 g/mol. The van der Waals surface area contributed by atoms with Crippen LogP contribution < -0.4 is 0 Å². The van der Waals surface area contributed by atoms with Gasteiger partial charge in [0.25, 0.3) is 5.69 Å². The van der Waals surface area contributed by atoms with E-state index in [2.05, 4.69) is 6.58 Å². The minimum Gasteiger partial charge on any atom is -0.465 e. The predicted octanol–water partition coefficient (Wildman–Crippen LogP) is 4.63. The molecule has 0 bridgehead atoms. The molecule has 1 unspecified atom stereocenters. The highest BCUT2D eigenvalue weighted by molar-refractivity contribution is 6.14. The number of esters is 1. The Hall–Kier alpha value is -3.28. The molecule has 0 saturated carbocycles. The number of benzene rings is 2. The van der Waals surface area contributed by atoms with Gasteiger partial charge in [-0.15, -0.1) is 6.58 Å². The molecule has 0 saturated heterocycles. The molecular weight excluding hydrogens is 370 g/mol. The normalized spacial score (nSPS) is 19.6. The van der Waals surface area contributed by atoms with Crippen LogP contribution in [0.15, 0.2) is 61.2 Å². The van der Waals surface area contributed by atoms with Gasteiger partial charge in [-0.3, -0.25) is 19.7 Å². The fraction of sp³-hybridized carbons (Fsp3) is 0.304. The molecular formula is C23H23NO5. The molecule has 3 rings (SSSR count). The zero-order valence-electron chi connectivity index (χ0n) is 16.3. The first-order valence-electron chi connectivity index (χ1n) is 9.62. The van der Waals surface area contributed by atoms with Crippen molar-refractivity contribution in [3.8, 4) is 0 Å². The molecule has 1 aliphatic carbocycles. The van der Waals surface area contributed by atoms with Crippen molar-refractivity contribution in [2.45, 2.75) is 32.1 Å². The molecule has 0 N–H and O–H groups in total. The highest BCUT2D eigenvalue weighted by Gasteiger charge is 2.53. The summed E-state index contributed by atoms with van der Waals surface area (Å²) < 4.78 is 5.38. The lowest BCUT2D eigenvalue weighted by Gasteiger charge is -2.35. The van der Waals surface area contributed by atoms with Crippen molar-refractivity contribution in [3.05, 3.63) is 88.0 Å². The number of nitrogens with zero attached hydrogens (tertiary/aromatic N) is 1.